The molecule has 5 heteroatoms. The number of carbonyl (C=O) groups excluding carboxylic acids is 2. The number of hydrogen-bond donors (Lipinski definition) is 1. The van der Waals surface area contributed by atoms with Crippen LogP contribution < -0.4 is 5.32 Å². The van der Waals surface area contributed by atoms with E-state index in [9.17, 15) is 9.59 Å². The molecule has 0 aromatic carbocycles. The second-order valence-electron chi connectivity index (χ2n) is 5.45. The van der Waals surface area contributed by atoms with Crippen LogP contribution in [0.1, 0.15) is 26.7 Å². The molecular formula is C13H23N3O2. The lowest BCUT2D eigenvalue weighted by atomic mass is 10.1. The van der Waals surface area contributed by atoms with Gasteiger partial charge in [0.1, 0.15) is 0 Å². The molecule has 0 saturated carbocycles. The summed E-state index contributed by atoms with van der Waals surface area (Å²) in [4.78, 5) is 27.8. The molecule has 2 rings (SSSR count). The minimum Gasteiger partial charge on any atom is -0.339 e. The first kappa shape index (κ1) is 13.3. The Bertz CT molecular complexity index is 316. The molecule has 102 valence electrons. The predicted molar refractivity (Wildman–Crippen MR) is 69.0 cm³/mol. The molecule has 0 aliphatic carbocycles. The van der Waals surface area contributed by atoms with Gasteiger partial charge in [0.05, 0.1) is 6.04 Å². The molecule has 0 spiro atoms. The summed E-state index contributed by atoms with van der Waals surface area (Å²) in [5.74, 6) is 0.453. The summed E-state index contributed by atoms with van der Waals surface area (Å²) in [6, 6.07) is 0.0114. The minimum atomic E-state index is 0.0114. The van der Waals surface area contributed by atoms with E-state index in [1.54, 1.807) is 0 Å². The Kier molecular flexibility index (Phi) is 4.22. The number of piperazine rings is 1. The fraction of sp³-hybridized carbons (Fsp3) is 0.846. The van der Waals surface area contributed by atoms with Crippen LogP contribution in [0.25, 0.3) is 0 Å². The lowest BCUT2D eigenvalue weighted by Gasteiger charge is -2.36. The van der Waals surface area contributed by atoms with E-state index in [2.05, 4.69) is 5.32 Å². The van der Waals surface area contributed by atoms with Crippen LogP contribution >= 0.6 is 0 Å². The van der Waals surface area contributed by atoms with Crippen molar-refractivity contribution >= 4 is 11.8 Å². The first-order valence-corrected chi connectivity index (χ1v) is 6.90. The maximum absolute atomic E-state index is 12.2. The Morgan fingerprint density at radius 3 is 2.22 bits per heavy atom. The second-order valence-corrected chi connectivity index (χ2v) is 5.45. The first-order chi connectivity index (χ1) is 8.59. The van der Waals surface area contributed by atoms with Crippen LogP contribution in [0.2, 0.25) is 0 Å². The normalized spacial score (nSPS) is 24.7. The third-order valence-corrected chi connectivity index (χ3v) is 3.76. The van der Waals surface area contributed by atoms with Gasteiger partial charge in [-0.3, -0.25) is 9.59 Å². The minimum absolute atomic E-state index is 0.0114. The second kappa shape index (κ2) is 5.69. The largest absolute Gasteiger partial charge is 0.339 e. The van der Waals surface area contributed by atoms with Crippen molar-refractivity contribution < 1.29 is 9.59 Å². The number of hydrogen-bond acceptors (Lipinski definition) is 3. The van der Waals surface area contributed by atoms with Crippen molar-refractivity contribution in [2.24, 2.45) is 5.92 Å². The van der Waals surface area contributed by atoms with E-state index in [0.29, 0.717) is 26.2 Å². The summed E-state index contributed by atoms with van der Waals surface area (Å²) in [5.41, 5.74) is 0. The maximum Gasteiger partial charge on any atom is 0.239 e. The van der Waals surface area contributed by atoms with Gasteiger partial charge in [0.15, 0.2) is 0 Å². The van der Waals surface area contributed by atoms with E-state index in [1.807, 2.05) is 23.6 Å². The van der Waals surface area contributed by atoms with Gasteiger partial charge in [0.2, 0.25) is 11.8 Å². The zero-order chi connectivity index (χ0) is 13.1. The van der Waals surface area contributed by atoms with Gasteiger partial charge in [-0.2, -0.15) is 0 Å². The standard InChI is InChI=1S/C13H23N3O2/c1-10(2)12(17)15-6-8-16(9-7-15)13(18)11-4-3-5-14-11/h10-11,14H,3-9H2,1-2H3/t11-/m0/s1. The predicted octanol–water partition coefficient (Wildman–Crippen LogP) is 0.0652. The van der Waals surface area contributed by atoms with Gasteiger partial charge in [-0.1, -0.05) is 13.8 Å². The van der Waals surface area contributed by atoms with Gasteiger partial charge in [0.25, 0.3) is 0 Å². The summed E-state index contributed by atoms with van der Waals surface area (Å²) in [7, 11) is 0. The SMILES string of the molecule is CC(C)C(=O)N1CCN(C(=O)[C@@H]2CCCN2)CC1. The molecule has 2 aliphatic rings. The van der Waals surface area contributed by atoms with Gasteiger partial charge in [-0.05, 0) is 19.4 Å². The van der Waals surface area contributed by atoms with Gasteiger partial charge in [0, 0.05) is 32.1 Å². The first-order valence-electron chi connectivity index (χ1n) is 6.90. The highest BCUT2D eigenvalue weighted by molar-refractivity contribution is 5.83. The molecule has 1 N–H and O–H groups in total. The smallest absolute Gasteiger partial charge is 0.239 e. The van der Waals surface area contributed by atoms with Crippen LogP contribution in [0, 0.1) is 5.92 Å². The highest BCUT2D eigenvalue weighted by atomic mass is 16.2. The van der Waals surface area contributed by atoms with Gasteiger partial charge in [-0.25, -0.2) is 0 Å². The van der Waals surface area contributed by atoms with Crippen molar-refractivity contribution in [3.63, 3.8) is 0 Å². The molecule has 0 aromatic heterocycles. The Hall–Kier alpha value is -1.10. The van der Waals surface area contributed by atoms with Gasteiger partial charge >= 0.3 is 0 Å². The van der Waals surface area contributed by atoms with Crippen molar-refractivity contribution in [2.45, 2.75) is 32.7 Å². The lowest BCUT2D eigenvalue weighted by molar-refractivity contribution is -0.142. The number of amides is 2. The topological polar surface area (TPSA) is 52.7 Å². The molecule has 2 fully saturated rings. The van der Waals surface area contributed by atoms with E-state index in [-0.39, 0.29) is 23.8 Å². The summed E-state index contributed by atoms with van der Waals surface area (Å²) < 4.78 is 0. The Morgan fingerprint density at radius 1 is 1.11 bits per heavy atom. The molecule has 2 heterocycles. The lowest BCUT2D eigenvalue weighted by Crippen LogP contribution is -2.54. The molecule has 0 unspecified atom stereocenters. The van der Waals surface area contributed by atoms with Crippen molar-refractivity contribution in [1.29, 1.82) is 0 Å². The van der Waals surface area contributed by atoms with E-state index in [4.69, 9.17) is 0 Å². The number of nitrogens with one attached hydrogen (secondary N) is 1. The average molecular weight is 253 g/mol. The Morgan fingerprint density at radius 2 is 1.72 bits per heavy atom. The van der Waals surface area contributed by atoms with Crippen molar-refractivity contribution in [3.05, 3.63) is 0 Å². The van der Waals surface area contributed by atoms with Crippen molar-refractivity contribution in [3.8, 4) is 0 Å². The Labute approximate surface area is 108 Å². The summed E-state index contributed by atoms with van der Waals surface area (Å²) in [6.07, 6.45) is 2.03. The molecule has 0 bridgehead atoms. The molecular weight excluding hydrogens is 230 g/mol. The zero-order valence-corrected chi connectivity index (χ0v) is 11.3. The quantitative estimate of drug-likeness (QED) is 0.757. The van der Waals surface area contributed by atoms with Crippen LogP contribution in [-0.2, 0) is 9.59 Å². The van der Waals surface area contributed by atoms with Crippen LogP contribution in [0.15, 0.2) is 0 Å². The van der Waals surface area contributed by atoms with Crippen LogP contribution in [0.4, 0.5) is 0 Å². The molecule has 5 nitrogen and oxygen atoms in total. The molecule has 2 amide bonds. The van der Waals surface area contributed by atoms with Crippen LogP contribution in [-0.4, -0.2) is 60.4 Å². The van der Waals surface area contributed by atoms with Gasteiger partial charge < -0.3 is 15.1 Å². The molecule has 0 radical (unpaired) electrons. The van der Waals surface area contributed by atoms with Gasteiger partial charge in [-0.15, -0.1) is 0 Å². The maximum atomic E-state index is 12.2. The highest BCUT2D eigenvalue weighted by Crippen LogP contribution is 2.12. The summed E-state index contributed by atoms with van der Waals surface area (Å²) in [5, 5.41) is 3.23. The van der Waals surface area contributed by atoms with Crippen LogP contribution in [0.3, 0.4) is 0 Å². The molecule has 2 saturated heterocycles. The molecule has 2 aliphatic heterocycles. The Balaban J connectivity index is 1.82. The van der Waals surface area contributed by atoms with E-state index < -0.39 is 0 Å². The van der Waals surface area contributed by atoms with Crippen molar-refractivity contribution in [2.75, 3.05) is 32.7 Å². The van der Waals surface area contributed by atoms with E-state index >= 15 is 0 Å². The summed E-state index contributed by atoms with van der Waals surface area (Å²) >= 11 is 0. The molecule has 1 atom stereocenters. The molecule has 18 heavy (non-hydrogen) atoms. The number of carbonyl (C=O) groups is 2. The third kappa shape index (κ3) is 2.83. The number of nitrogens with zero attached hydrogens (tertiary/aromatic N) is 2. The van der Waals surface area contributed by atoms with E-state index in [1.165, 1.54) is 0 Å². The zero-order valence-electron chi connectivity index (χ0n) is 11.3. The van der Waals surface area contributed by atoms with Crippen LogP contribution in [0.5, 0.6) is 0 Å². The molecule has 0 aromatic rings. The summed E-state index contributed by atoms with van der Waals surface area (Å²) in [6.45, 7) is 7.49. The van der Waals surface area contributed by atoms with E-state index in [0.717, 1.165) is 19.4 Å². The monoisotopic (exact) mass is 253 g/mol. The fourth-order valence-electron chi connectivity index (χ4n) is 2.63. The fourth-order valence-corrected chi connectivity index (χ4v) is 2.63. The number of rotatable bonds is 2. The van der Waals surface area contributed by atoms with Crippen molar-refractivity contribution in [1.82, 2.24) is 15.1 Å². The third-order valence-electron chi connectivity index (χ3n) is 3.76. The highest BCUT2D eigenvalue weighted by Gasteiger charge is 2.30. The average Bonchev–Trinajstić information content (AvgIpc) is 2.91.